The molecule has 134 valence electrons. The van der Waals surface area contributed by atoms with Crippen LogP contribution < -0.4 is 0 Å². The first kappa shape index (κ1) is 19.5. The summed E-state index contributed by atoms with van der Waals surface area (Å²) in [6.07, 6.45) is 14.7. The maximum atomic E-state index is 5.92. The zero-order chi connectivity index (χ0) is 18.1. The van der Waals surface area contributed by atoms with Gasteiger partial charge in [0.15, 0.2) is 0 Å². The van der Waals surface area contributed by atoms with Gasteiger partial charge < -0.3 is 4.74 Å². The van der Waals surface area contributed by atoms with E-state index in [1.165, 1.54) is 16.7 Å². The molecule has 1 aliphatic carbocycles. The molecule has 1 heteroatoms. The molecule has 0 bridgehead atoms. The second-order valence-corrected chi connectivity index (χ2v) is 6.82. The highest BCUT2D eigenvalue weighted by molar-refractivity contribution is 5.40. The molecule has 0 amide bonds. The Morgan fingerprint density at radius 1 is 1.04 bits per heavy atom. The predicted molar refractivity (Wildman–Crippen MR) is 108 cm³/mol. The standard InChI is InChI=1S/C24H32O/c1-5-17-24(6-2,7-3)23-16-15-22(14-13-20(23)4)19-25-18-21-11-9-8-10-12-21/h5,8-15,17H,6-7,16,18-19H2,1-4H3. The van der Waals surface area contributed by atoms with Crippen molar-refractivity contribution in [2.24, 2.45) is 5.41 Å². The fraction of sp³-hybridized carbons (Fsp3) is 0.417. The van der Waals surface area contributed by atoms with Crippen LogP contribution in [0.4, 0.5) is 0 Å². The van der Waals surface area contributed by atoms with Crippen molar-refractivity contribution < 1.29 is 4.74 Å². The van der Waals surface area contributed by atoms with Gasteiger partial charge in [-0.15, -0.1) is 0 Å². The second-order valence-electron chi connectivity index (χ2n) is 6.82. The summed E-state index contributed by atoms with van der Waals surface area (Å²) in [6, 6.07) is 10.4. The van der Waals surface area contributed by atoms with Crippen LogP contribution >= 0.6 is 0 Å². The Kier molecular flexibility index (Phi) is 7.46. The molecule has 0 atom stereocenters. The number of benzene rings is 1. The topological polar surface area (TPSA) is 9.23 Å². The summed E-state index contributed by atoms with van der Waals surface area (Å²) in [6.45, 7) is 10.3. The molecular formula is C24H32O. The van der Waals surface area contributed by atoms with Gasteiger partial charge in [0.05, 0.1) is 13.2 Å². The first-order valence-electron chi connectivity index (χ1n) is 9.48. The summed E-state index contributed by atoms with van der Waals surface area (Å²) < 4.78 is 5.92. The van der Waals surface area contributed by atoms with Crippen LogP contribution in [-0.4, -0.2) is 6.61 Å². The Bertz CT molecular complexity index is 655. The van der Waals surface area contributed by atoms with Gasteiger partial charge in [-0.1, -0.05) is 85.7 Å². The van der Waals surface area contributed by atoms with Gasteiger partial charge in [-0.2, -0.15) is 0 Å². The molecule has 25 heavy (non-hydrogen) atoms. The number of rotatable bonds is 8. The highest BCUT2D eigenvalue weighted by Gasteiger charge is 2.28. The minimum absolute atomic E-state index is 0.181. The smallest absolute Gasteiger partial charge is 0.0721 e. The fourth-order valence-corrected chi connectivity index (χ4v) is 3.69. The molecule has 0 heterocycles. The summed E-state index contributed by atoms with van der Waals surface area (Å²) >= 11 is 0. The van der Waals surface area contributed by atoms with Gasteiger partial charge >= 0.3 is 0 Å². The van der Waals surface area contributed by atoms with E-state index in [1.807, 2.05) is 6.07 Å². The van der Waals surface area contributed by atoms with Crippen molar-refractivity contribution in [3.8, 4) is 0 Å². The van der Waals surface area contributed by atoms with Gasteiger partial charge in [-0.3, -0.25) is 0 Å². The van der Waals surface area contributed by atoms with E-state index in [-0.39, 0.29) is 5.41 Å². The SMILES string of the molecule is CC=CC(CC)(CC)C1=C(C)C=CC(COCc2ccccc2)=CC1. The Morgan fingerprint density at radius 2 is 1.76 bits per heavy atom. The predicted octanol–water partition coefficient (Wildman–Crippen LogP) is 6.79. The van der Waals surface area contributed by atoms with E-state index in [9.17, 15) is 0 Å². The van der Waals surface area contributed by atoms with Gasteiger partial charge in [0.2, 0.25) is 0 Å². The third-order valence-corrected chi connectivity index (χ3v) is 5.32. The van der Waals surface area contributed by atoms with Crippen molar-refractivity contribution >= 4 is 0 Å². The van der Waals surface area contributed by atoms with Gasteiger partial charge in [0.25, 0.3) is 0 Å². The third kappa shape index (κ3) is 5.06. The quantitative estimate of drug-likeness (QED) is 0.475. The molecule has 0 aliphatic heterocycles. The molecule has 1 aromatic carbocycles. The summed E-state index contributed by atoms with van der Waals surface area (Å²) in [4.78, 5) is 0. The minimum Gasteiger partial charge on any atom is -0.372 e. The Hall–Kier alpha value is -1.86. The molecule has 0 unspecified atom stereocenters. The lowest BCUT2D eigenvalue weighted by molar-refractivity contribution is 0.144. The van der Waals surface area contributed by atoms with Crippen LogP contribution in [0.25, 0.3) is 0 Å². The molecule has 0 radical (unpaired) electrons. The lowest BCUT2D eigenvalue weighted by atomic mass is 9.72. The molecule has 0 spiro atoms. The average Bonchev–Trinajstić information content (AvgIpc) is 2.83. The Balaban J connectivity index is 2.05. The van der Waals surface area contributed by atoms with E-state index >= 15 is 0 Å². The highest BCUT2D eigenvalue weighted by Crippen LogP contribution is 2.41. The van der Waals surface area contributed by atoms with E-state index in [4.69, 9.17) is 4.74 Å². The van der Waals surface area contributed by atoms with Gasteiger partial charge in [-0.05, 0) is 44.2 Å². The van der Waals surface area contributed by atoms with E-state index < -0.39 is 0 Å². The number of hydrogen-bond acceptors (Lipinski definition) is 1. The lowest BCUT2D eigenvalue weighted by Gasteiger charge is -2.32. The van der Waals surface area contributed by atoms with Crippen LogP contribution in [0.5, 0.6) is 0 Å². The maximum Gasteiger partial charge on any atom is 0.0721 e. The van der Waals surface area contributed by atoms with E-state index in [0.29, 0.717) is 13.2 Å². The zero-order valence-corrected chi connectivity index (χ0v) is 16.2. The van der Waals surface area contributed by atoms with E-state index in [0.717, 1.165) is 19.3 Å². The van der Waals surface area contributed by atoms with Crippen LogP contribution in [0.2, 0.25) is 0 Å². The van der Waals surface area contributed by atoms with Crippen LogP contribution in [0.3, 0.4) is 0 Å². The van der Waals surface area contributed by atoms with Crippen molar-refractivity contribution in [2.45, 2.75) is 53.6 Å². The Labute approximate surface area is 153 Å². The monoisotopic (exact) mass is 336 g/mol. The Morgan fingerprint density at radius 3 is 2.40 bits per heavy atom. The lowest BCUT2D eigenvalue weighted by Crippen LogP contribution is -2.20. The summed E-state index contributed by atoms with van der Waals surface area (Å²) in [5, 5.41) is 0. The van der Waals surface area contributed by atoms with Crippen molar-refractivity contribution in [1.82, 2.24) is 0 Å². The fourth-order valence-electron chi connectivity index (χ4n) is 3.69. The second kappa shape index (κ2) is 9.58. The first-order valence-corrected chi connectivity index (χ1v) is 9.48. The summed E-state index contributed by atoms with van der Waals surface area (Å²) in [7, 11) is 0. The van der Waals surface area contributed by atoms with Crippen LogP contribution in [0.1, 0.15) is 52.5 Å². The molecule has 0 N–H and O–H groups in total. The molecule has 0 saturated heterocycles. The number of ether oxygens (including phenoxy) is 1. The van der Waals surface area contributed by atoms with Gasteiger partial charge in [0.1, 0.15) is 0 Å². The van der Waals surface area contributed by atoms with Crippen molar-refractivity contribution in [3.63, 3.8) is 0 Å². The minimum atomic E-state index is 0.181. The van der Waals surface area contributed by atoms with Crippen LogP contribution in [-0.2, 0) is 11.3 Å². The molecule has 0 aromatic heterocycles. The van der Waals surface area contributed by atoms with Crippen LogP contribution in [0.15, 0.2) is 77.4 Å². The van der Waals surface area contributed by atoms with E-state index in [2.05, 4.69) is 82.3 Å². The summed E-state index contributed by atoms with van der Waals surface area (Å²) in [5.74, 6) is 0. The van der Waals surface area contributed by atoms with Gasteiger partial charge in [0, 0.05) is 5.41 Å². The number of hydrogen-bond donors (Lipinski definition) is 0. The normalized spacial score (nSPS) is 15.6. The zero-order valence-electron chi connectivity index (χ0n) is 16.2. The first-order chi connectivity index (χ1) is 12.1. The van der Waals surface area contributed by atoms with Gasteiger partial charge in [-0.25, -0.2) is 0 Å². The molecule has 1 aromatic rings. The largest absolute Gasteiger partial charge is 0.372 e. The van der Waals surface area contributed by atoms with Crippen molar-refractivity contribution in [3.05, 3.63) is 83.0 Å². The maximum absolute atomic E-state index is 5.92. The molecule has 2 rings (SSSR count). The summed E-state index contributed by atoms with van der Waals surface area (Å²) in [5.41, 5.74) is 5.62. The third-order valence-electron chi connectivity index (χ3n) is 5.32. The highest BCUT2D eigenvalue weighted by atomic mass is 16.5. The van der Waals surface area contributed by atoms with Crippen molar-refractivity contribution in [1.29, 1.82) is 0 Å². The van der Waals surface area contributed by atoms with Crippen LogP contribution in [0, 0.1) is 5.41 Å². The molecule has 0 fully saturated rings. The molecule has 0 saturated carbocycles. The molecule has 1 nitrogen and oxygen atoms in total. The molecule has 1 aliphatic rings. The molecular weight excluding hydrogens is 304 g/mol. The van der Waals surface area contributed by atoms with Crippen molar-refractivity contribution in [2.75, 3.05) is 6.61 Å². The average molecular weight is 337 g/mol. The van der Waals surface area contributed by atoms with E-state index in [1.54, 1.807) is 5.57 Å². The number of allylic oxidation sites excluding steroid dienone is 6.